The molecule has 1 N–H and O–H groups in total. The summed E-state index contributed by atoms with van der Waals surface area (Å²) < 4.78 is 26.3. The molecule has 2 rings (SSSR count). The summed E-state index contributed by atoms with van der Waals surface area (Å²) >= 11 is 0. The van der Waals surface area contributed by atoms with E-state index >= 15 is 0 Å². The van der Waals surface area contributed by atoms with Crippen molar-refractivity contribution in [1.82, 2.24) is 9.29 Å². The van der Waals surface area contributed by atoms with E-state index in [1.807, 2.05) is 26.8 Å². The molecule has 1 heterocycles. The Bertz CT molecular complexity index is 897. The number of carbonyl (C=O) groups excluding carboxylic acids is 1. The van der Waals surface area contributed by atoms with Gasteiger partial charge >= 0.3 is 0 Å². The SMILES string of the molecule is Cc1cc(C)c(NC(=O)c2ccc(S(=O)(=O)N(C)C(C)C)cc2)c(C)n1. The van der Waals surface area contributed by atoms with Crippen LogP contribution < -0.4 is 5.32 Å². The van der Waals surface area contributed by atoms with E-state index in [1.54, 1.807) is 13.8 Å². The van der Waals surface area contributed by atoms with Crippen LogP contribution in [0.5, 0.6) is 0 Å². The molecule has 0 radical (unpaired) electrons. The number of rotatable bonds is 5. The van der Waals surface area contributed by atoms with Crippen LogP contribution in [0.2, 0.25) is 0 Å². The molecule has 1 amide bonds. The zero-order valence-corrected chi connectivity index (χ0v) is 16.8. The molecule has 7 heteroatoms. The summed E-state index contributed by atoms with van der Waals surface area (Å²) in [6, 6.07) is 7.70. The highest BCUT2D eigenvalue weighted by Gasteiger charge is 2.23. The number of sulfonamides is 1. The summed E-state index contributed by atoms with van der Waals surface area (Å²) in [5, 5.41) is 2.86. The van der Waals surface area contributed by atoms with Crippen molar-refractivity contribution in [2.45, 2.75) is 45.6 Å². The van der Waals surface area contributed by atoms with Crippen molar-refractivity contribution < 1.29 is 13.2 Å². The predicted octanol–water partition coefficient (Wildman–Crippen LogP) is 3.29. The standard InChI is InChI=1S/C19H25N3O3S/c1-12(2)22(6)26(24,25)17-9-7-16(8-10-17)19(23)21-18-13(3)11-14(4)20-15(18)5/h7-12H,1-6H3,(H,21,23). The van der Waals surface area contributed by atoms with Crippen LogP contribution in [-0.2, 0) is 10.0 Å². The van der Waals surface area contributed by atoms with Crippen LogP contribution >= 0.6 is 0 Å². The molecule has 26 heavy (non-hydrogen) atoms. The average Bonchev–Trinajstić information content (AvgIpc) is 2.57. The minimum atomic E-state index is -3.57. The monoisotopic (exact) mass is 375 g/mol. The minimum Gasteiger partial charge on any atom is -0.320 e. The van der Waals surface area contributed by atoms with Crippen molar-refractivity contribution in [3.05, 3.63) is 52.8 Å². The lowest BCUT2D eigenvalue weighted by Gasteiger charge is -2.21. The molecular formula is C19H25N3O3S. The smallest absolute Gasteiger partial charge is 0.255 e. The molecule has 0 atom stereocenters. The third-order valence-corrected chi connectivity index (χ3v) is 6.33. The van der Waals surface area contributed by atoms with E-state index in [1.165, 1.54) is 35.6 Å². The van der Waals surface area contributed by atoms with E-state index in [0.717, 1.165) is 17.0 Å². The largest absolute Gasteiger partial charge is 0.320 e. The van der Waals surface area contributed by atoms with Gasteiger partial charge in [-0.1, -0.05) is 0 Å². The molecule has 0 aliphatic carbocycles. The molecule has 2 aromatic rings. The Morgan fingerprint density at radius 1 is 1.12 bits per heavy atom. The molecule has 6 nitrogen and oxygen atoms in total. The van der Waals surface area contributed by atoms with Gasteiger partial charge in [-0.25, -0.2) is 8.42 Å². The van der Waals surface area contributed by atoms with E-state index in [4.69, 9.17) is 0 Å². The van der Waals surface area contributed by atoms with Crippen molar-refractivity contribution in [1.29, 1.82) is 0 Å². The Hall–Kier alpha value is -2.25. The lowest BCUT2D eigenvalue weighted by atomic mass is 10.1. The number of aromatic nitrogens is 1. The molecule has 1 aromatic carbocycles. The molecule has 0 spiro atoms. The highest BCUT2D eigenvalue weighted by Crippen LogP contribution is 2.21. The Morgan fingerprint density at radius 3 is 2.19 bits per heavy atom. The van der Waals surface area contributed by atoms with Gasteiger partial charge in [0.15, 0.2) is 0 Å². The van der Waals surface area contributed by atoms with Gasteiger partial charge in [0.1, 0.15) is 0 Å². The van der Waals surface area contributed by atoms with Gasteiger partial charge in [0.25, 0.3) is 5.91 Å². The van der Waals surface area contributed by atoms with Gasteiger partial charge in [0.05, 0.1) is 16.3 Å². The Balaban J connectivity index is 2.25. The molecule has 0 bridgehead atoms. The molecule has 0 unspecified atom stereocenters. The quantitative estimate of drug-likeness (QED) is 0.870. The van der Waals surface area contributed by atoms with E-state index in [2.05, 4.69) is 10.3 Å². The molecule has 0 saturated carbocycles. The molecule has 0 saturated heterocycles. The van der Waals surface area contributed by atoms with Crippen LogP contribution in [0.25, 0.3) is 0 Å². The van der Waals surface area contributed by atoms with Gasteiger partial charge in [-0.2, -0.15) is 4.31 Å². The number of aryl methyl sites for hydroxylation is 3. The first-order valence-corrected chi connectivity index (χ1v) is 9.82. The summed E-state index contributed by atoms with van der Waals surface area (Å²) in [6.07, 6.45) is 0. The maximum absolute atomic E-state index is 12.5. The second-order valence-electron chi connectivity index (χ2n) is 6.63. The van der Waals surface area contributed by atoms with Crippen LogP contribution in [0.15, 0.2) is 35.2 Å². The highest BCUT2D eigenvalue weighted by molar-refractivity contribution is 7.89. The number of anilines is 1. The Morgan fingerprint density at radius 2 is 1.69 bits per heavy atom. The third-order valence-electron chi connectivity index (χ3n) is 4.28. The molecule has 0 aliphatic heterocycles. The van der Waals surface area contributed by atoms with Crippen molar-refractivity contribution in [3.63, 3.8) is 0 Å². The number of hydrogen-bond acceptors (Lipinski definition) is 4. The lowest BCUT2D eigenvalue weighted by molar-refractivity contribution is 0.102. The lowest BCUT2D eigenvalue weighted by Crippen LogP contribution is -2.33. The maximum atomic E-state index is 12.5. The molecule has 140 valence electrons. The van der Waals surface area contributed by atoms with Gasteiger partial charge in [0.2, 0.25) is 10.0 Å². The normalized spacial score (nSPS) is 11.8. The first kappa shape index (κ1) is 20.1. The second kappa shape index (κ2) is 7.55. The number of amides is 1. The average molecular weight is 375 g/mol. The fourth-order valence-electron chi connectivity index (χ4n) is 2.62. The van der Waals surface area contributed by atoms with Gasteiger partial charge in [0, 0.05) is 24.3 Å². The van der Waals surface area contributed by atoms with Crippen LogP contribution in [-0.4, -0.2) is 36.7 Å². The van der Waals surface area contributed by atoms with E-state index < -0.39 is 10.0 Å². The molecule has 1 aromatic heterocycles. The summed E-state index contributed by atoms with van der Waals surface area (Å²) in [7, 11) is -2.03. The number of carbonyl (C=O) groups is 1. The first-order chi connectivity index (χ1) is 12.0. The van der Waals surface area contributed by atoms with E-state index in [-0.39, 0.29) is 16.8 Å². The molecule has 0 aliphatic rings. The van der Waals surface area contributed by atoms with Gasteiger partial charge in [-0.15, -0.1) is 0 Å². The Kier molecular flexibility index (Phi) is 5.83. The third kappa shape index (κ3) is 4.11. The number of nitrogens with one attached hydrogen (secondary N) is 1. The highest BCUT2D eigenvalue weighted by atomic mass is 32.2. The number of hydrogen-bond donors (Lipinski definition) is 1. The van der Waals surface area contributed by atoms with Crippen LogP contribution in [0.4, 0.5) is 5.69 Å². The Labute approximate surface area is 155 Å². The maximum Gasteiger partial charge on any atom is 0.255 e. The number of benzene rings is 1. The van der Waals surface area contributed by atoms with E-state index in [9.17, 15) is 13.2 Å². The van der Waals surface area contributed by atoms with Crippen molar-refractivity contribution >= 4 is 21.6 Å². The minimum absolute atomic E-state index is 0.150. The second-order valence-corrected chi connectivity index (χ2v) is 8.63. The number of pyridine rings is 1. The predicted molar refractivity (Wildman–Crippen MR) is 103 cm³/mol. The zero-order chi connectivity index (χ0) is 19.6. The first-order valence-electron chi connectivity index (χ1n) is 8.38. The molecular weight excluding hydrogens is 350 g/mol. The summed E-state index contributed by atoms with van der Waals surface area (Å²) in [5.74, 6) is -0.303. The summed E-state index contributed by atoms with van der Waals surface area (Å²) in [5.41, 5.74) is 3.63. The van der Waals surface area contributed by atoms with Crippen LogP contribution in [0.1, 0.15) is 41.2 Å². The fourth-order valence-corrected chi connectivity index (χ4v) is 3.99. The zero-order valence-electron chi connectivity index (χ0n) is 16.0. The van der Waals surface area contributed by atoms with Gasteiger partial charge < -0.3 is 5.32 Å². The van der Waals surface area contributed by atoms with Crippen LogP contribution in [0, 0.1) is 20.8 Å². The van der Waals surface area contributed by atoms with Crippen LogP contribution in [0.3, 0.4) is 0 Å². The fraction of sp³-hybridized carbons (Fsp3) is 0.368. The van der Waals surface area contributed by atoms with Crippen molar-refractivity contribution in [3.8, 4) is 0 Å². The topological polar surface area (TPSA) is 79.4 Å². The number of nitrogens with zero attached hydrogens (tertiary/aromatic N) is 2. The molecule has 0 fully saturated rings. The van der Waals surface area contributed by atoms with E-state index in [0.29, 0.717) is 11.3 Å². The summed E-state index contributed by atoms with van der Waals surface area (Å²) in [4.78, 5) is 17.0. The summed E-state index contributed by atoms with van der Waals surface area (Å²) in [6.45, 7) is 9.26. The van der Waals surface area contributed by atoms with Gasteiger partial charge in [-0.05, 0) is 70.5 Å². The van der Waals surface area contributed by atoms with Crippen molar-refractivity contribution in [2.75, 3.05) is 12.4 Å². The van der Waals surface area contributed by atoms with Crippen molar-refractivity contribution in [2.24, 2.45) is 0 Å². The van der Waals surface area contributed by atoms with Gasteiger partial charge in [-0.3, -0.25) is 9.78 Å².